The van der Waals surface area contributed by atoms with Gasteiger partial charge < -0.3 is 5.32 Å². The summed E-state index contributed by atoms with van der Waals surface area (Å²) in [5.74, 6) is 0.570. The standard InChI is InChI=1S/C22H18BrN5OS/c1-28-13-19(23)21(27-28)16-5-7-18(8-6-16)26-22(29)17-4-2-3-15(11-17)14-30-20-12-24-9-10-25-20/h2-13H,14H2,1H3,(H,26,29). The van der Waals surface area contributed by atoms with Crippen LogP contribution in [0, 0.1) is 0 Å². The Balaban J connectivity index is 1.41. The van der Waals surface area contributed by atoms with Crippen molar-refractivity contribution in [2.75, 3.05) is 5.32 Å². The summed E-state index contributed by atoms with van der Waals surface area (Å²) in [6, 6.07) is 15.2. The minimum Gasteiger partial charge on any atom is -0.322 e. The Morgan fingerprint density at radius 3 is 2.70 bits per heavy atom. The van der Waals surface area contributed by atoms with Crippen molar-refractivity contribution in [3.8, 4) is 11.3 Å². The molecule has 0 saturated carbocycles. The third-order valence-electron chi connectivity index (χ3n) is 4.32. The minimum absolute atomic E-state index is 0.145. The highest BCUT2D eigenvalue weighted by Crippen LogP contribution is 2.27. The van der Waals surface area contributed by atoms with Gasteiger partial charge in [0.25, 0.3) is 5.91 Å². The highest BCUT2D eigenvalue weighted by atomic mass is 79.9. The fourth-order valence-corrected chi connectivity index (χ4v) is 4.26. The third kappa shape index (κ3) is 4.95. The van der Waals surface area contributed by atoms with Crippen LogP contribution in [0.3, 0.4) is 0 Å². The Morgan fingerprint density at radius 2 is 2.00 bits per heavy atom. The zero-order valence-corrected chi connectivity index (χ0v) is 18.5. The number of thioether (sulfide) groups is 1. The number of aromatic nitrogens is 4. The molecule has 2 aromatic carbocycles. The maximum absolute atomic E-state index is 12.7. The van der Waals surface area contributed by atoms with E-state index in [2.05, 4.69) is 36.3 Å². The summed E-state index contributed by atoms with van der Waals surface area (Å²) in [5, 5.41) is 8.25. The molecular formula is C22H18BrN5OS. The van der Waals surface area contributed by atoms with E-state index < -0.39 is 0 Å². The van der Waals surface area contributed by atoms with Crippen molar-refractivity contribution in [2.45, 2.75) is 10.8 Å². The average molecular weight is 480 g/mol. The lowest BCUT2D eigenvalue weighted by molar-refractivity contribution is 0.102. The van der Waals surface area contributed by atoms with Crippen LogP contribution in [0.15, 0.2) is 82.8 Å². The molecule has 0 aliphatic carbocycles. The van der Waals surface area contributed by atoms with Gasteiger partial charge in [0, 0.05) is 48.2 Å². The molecule has 1 amide bonds. The predicted molar refractivity (Wildman–Crippen MR) is 122 cm³/mol. The van der Waals surface area contributed by atoms with Gasteiger partial charge in [-0.25, -0.2) is 4.98 Å². The molecule has 0 fully saturated rings. The Bertz CT molecular complexity index is 1160. The molecule has 0 saturated heterocycles. The number of hydrogen-bond donors (Lipinski definition) is 1. The van der Waals surface area contributed by atoms with Crippen LogP contribution < -0.4 is 5.32 Å². The molecule has 0 aliphatic heterocycles. The van der Waals surface area contributed by atoms with Gasteiger partial charge in [0.2, 0.25) is 0 Å². The number of anilines is 1. The van der Waals surface area contributed by atoms with E-state index in [9.17, 15) is 4.79 Å². The summed E-state index contributed by atoms with van der Waals surface area (Å²) < 4.78 is 2.68. The maximum Gasteiger partial charge on any atom is 0.255 e. The lowest BCUT2D eigenvalue weighted by Crippen LogP contribution is -2.12. The molecule has 2 aromatic heterocycles. The highest BCUT2D eigenvalue weighted by molar-refractivity contribution is 9.10. The van der Waals surface area contributed by atoms with Gasteiger partial charge in [-0.05, 0) is 45.8 Å². The Morgan fingerprint density at radius 1 is 1.17 bits per heavy atom. The molecule has 6 nitrogen and oxygen atoms in total. The molecule has 0 unspecified atom stereocenters. The summed E-state index contributed by atoms with van der Waals surface area (Å²) in [4.78, 5) is 21.0. The molecular weight excluding hydrogens is 462 g/mol. The van der Waals surface area contributed by atoms with Crippen molar-refractivity contribution >= 4 is 39.3 Å². The quantitative estimate of drug-likeness (QED) is 0.385. The van der Waals surface area contributed by atoms with Gasteiger partial charge in [-0.1, -0.05) is 24.3 Å². The van der Waals surface area contributed by atoms with E-state index in [4.69, 9.17) is 0 Å². The van der Waals surface area contributed by atoms with Crippen LogP contribution >= 0.6 is 27.7 Å². The normalized spacial score (nSPS) is 10.7. The zero-order valence-electron chi connectivity index (χ0n) is 16.1. The van der Waals surface area contributed by atoms with E-state index in [0.717, 1.165) is 32.0 Å². The van der Waals surface area contributed by atoms with Gasteiger partial charge in [-0.2, -0.15) is 5.10 Å². The van der Waals surface area contributed by atoms with Crippen molar-refractivity contribution in [3.05, 3.63) is 88.9 Å². The summed E-state index contributed by atoms with van der Waals surface area (Å²) in [5.41, 5.74) is 4.24. The van der Waals surface area contributed by atoms with Gasteiger partial charge in [-0.3, -0.25) is 14.5 Å². The van der Waals surface area contributed by atoms with Crippen molar-refractivity contribution in [3.63, 3.8) is 0 Å². The molecule has 2 heterocycles. The molecule has 0 aliphatic rings. The van der Waals surface area contributed by atoms with Crippen molar-refractivity contribution in [2.24, 2.45) is 7.05 Å². The van der Waals surface area contributed by atoms with E-state index >= 15 is 0 Å². The van der Waals surface area contributed by atoms with E-state index in [1.165, 1.54) is 0 Å². The van der Waals surface area contributed by atoms with E-state index in [0.29, 0.717) is 11.3 Å². The highest BCUT2D eigenvalue weighted by Gasteiger charge is 2.10. The van der Waals surface area contributed by atoms with Crippen LogP contribution in [0.4, 0.5) is 5.69 Å². The molecule has 0 spiro atoms. The number of carbonyl (C=O) groups excluding carboxylic acids is 1. The van der Waals surface area contributed by atoms with Crippen LogP contribution in [0.1, 0.15) is 15.9 Å². The van der Waals surface area contributed by atoms with Crippen molar-refractivity contribution in [1.29, 1.82) is 0 Å². The summed E-state index contributed by atoms with van der Waals surface area (Å²) >= 11 is 5.10. The second-order valence-corrected chi connectivity index (χ2v) is 8.41. The number of nitrogens with zero attached hydrogens (tertiary/aromatic N) is 4. The van der Waals surface area contributed by atoms with Crippen LogP contribution in [-0.4, -0.2) is 25.7 Å². The number of carbonyl (C=O) groups is 1. The summed E-state index contributed by atoms with van der Waals surface area (Å²) in [7, 11) is 1.88. The largest absolute Gasteiger partial charge is 0.322 e. The number of hydrogen-bond acceptors (Lipinski definition) is 5. The van der Waals surface area contributed by atoms with Crippen molar-refractivity contribution in [1.82, 2.24) is 19.7 Å². The van der Waals surface area contributed by atoms with E-state index in [-0.39, 0.29) is 5.91 Å². The molecule has 1 N–H and O–H groups in total. The Labute approximate surface area is 186 Å². The van der Waals surface area contributed by atoms with Crippen LogP contribution in [0.2, 0.25) is 0 Å². The monoisotopic (exact) mass is 479 g/mol. The smallest absolute Gasteiger partial charge is 0.255 e. The number of halogens is 1. The third-order valence-corrected chi connectivity index (χ3v) is 5.88. The molecule has 4 aromatic rings. The Hall–Kier alpha value is -2.97. The van der Waals surface area contributed by atoms with Crippen LogP contribution in [0.5, 0.6) is 0 Å². The first-order valence-corrected chi connectivity index (χ1v) is 10.9. The molecule has 0 atom stereocenters. The topological polar surface area (TPSA) is 72.7 Å². The minimum atomic E-state index is -0.145. The van der Waals surface area contributed by atoms with Gasteiger partial charge in [0.15, 0.2) is 0 Å². The molecule has 30 heavy (non-hydrogen) atoms. The lowest BCUT2D eigenvalue weighted by Gasteiger charge is -2.08. The van der Waals surface area contributed by atoms with Crippen LogP contribution in [0.25, 0.3) is 11.3 Å². The number of aryl methyl sites for hydroxylation is 1. The average Bonchev–Trinajstić information content (AvgIpc) is 3.11. The van der Waals surface area contributed by atoms with Crippen LogP contribution in [-0.2, 0) is 12.8 Å². The van der Waals surface area contributed by atoms with E-state index in [1.54, 1.807) is 35.0 Å². The molecule has 0 bridgehead atoms. The van der Waals surface area contributed by atoms with E-state index in [1.807, 2.05) is 61.8 Å². The zero-order chi connectivity index (χ0) is 20.9. The summed E-state index contributed by atoms with van der Waals surface area (Å²) in [6.45, 7) is 0. The first-order chi connectivity index (χ1) is 14.6. The van der Waals surface area contributed by atoms with Gasteiger partial charge in [0.1, 0.15) is 10.7 Å². The number of rotatable bonds is 6. The molecule has 0 radical (unpaired) electrons. The first kappa shape index (κ1) is 20.3. The maximum atomic E-state index is 12.7. The number of benzene rings is 2. The van der Waals surface area contributed by atoms with Gasteiger partial charge >= 0.3 is 0 Å². The van der Waals surface area contributed by atoms with Crippen molar-refractivity contribution < 1.29 is 4.79 Å². The Kier molecular flexibility index (Phi) is 6.25. The first-order valence-electron chi connectivity index (χ1n) is 9.17. The fraction of sp³-hybridized carbons (Fsp3) is 0.0909. The number of amides is 1. The predicted octanol–water partition coefficient (Wildman–Crippen LogP) is 5.18. The lowest BCUT2D eigenvalue weighted by atomic mass is 10.1. The second-order valence-electron chi connectivity index (χ2n) is 6.56. The number of nitrogens with one attached hydrogen (secondary N) is 1. The van der Waals surface area contributed by atoms with Gasteiger partial charge in [0.05, 0.1) is 10.7 Å². The molecule has 4 rings (SSSR count). The fourth-order valence-electron chi connectivity index (χ4n) is 2.89. The van der Waals surface area contributed by atoms with Gasteiger partial charge in [-0.15, -0.1) is 11.8 Å². The second kappa shape index (κ2) is 9.23. The summed E-state index contributed by atoms with van der Waals surface area (Å²) in [6.07, 6.45) is 6.95. The molecule has 8 heteroatoms. The SMILES string of the molecule is Cn1cc(Br)c(-c2ccc(NC(=O)c3cccc(CSc4cnccn4)c3)cc2)n1. The molecule has 150 valence electrons.